The maximum absolute atomic E-state index is 13.5. The van der Waals surface area contributed by atoms with Crippen LogP contribution in [0.15, 0.2) is 47.8 Å². The van der Waals surface area contributed by atoms with Crippen molar-refractivity contribution in [1.82, 2.24) is 9.88 Å². The molecule has 2 aromatic carbocycles. The van der Waals surface area contributed by atoms with Gasteiger partial charge in [0.05, 0.1) is 18.4 Å². The van der Waals surface area contributed by atoms with Crippen molar-refractivity contribution in [2.45, 2.75) is 19.5 Å². The first-order valence-electron chi connectivity index (χ1n) is 8.67. The third-order valence-electron chi connectivity index (χ3n) is 4.60. The van der Waals surface area contributed by atoms with E-state index in [9.17, 15) is 13.6 Å². The minimum Gasteiger partial charge on any atom is -0.465 e. The number of halogens is 2. The number of carbonyl (C=O) groups excluding carboxylic acids is 1. The lowest BCUT2D eigenvalue weighted by molar-refractivity contribution is 0.0600. The van der Waals surface area contributed by atoms with Crippen LogP contribution in [0.3, 0.4) is 0 Å². The summed E-state index contributed by atoms with van der Waals surface area (Å²) in [6.45, 7) is 2.50. The standard InChI is InChI=1S/C21H20F2N2O2S/c1-13(16-8-9-18(22)19(23)10-16)25(2)11-17-12-28-20(24-17)14-4-6-15(7-5-14)21(26)27-3/h4-10,12-13H,11H2,1-3H3. The summed E-state index contributed by atoms with van der Waals surface area (Å²) in [5, 5.41) is 2.82. The fraction of sp³-hybridized carbons (Fsp3) is 0.238. The topological polar surface area (TPSA) is 42.4 Å². The summed E-state index contributed by atoms with van der Waals surface area (Å²) in [5.74, 6) is -2.07. The average Bonchev–Trinajstić information content (AvgIpc) is 3.17. The van der Waals surface area contributed by atoms with E-state index >= 15 is 0 Å². The Morgan fingerprint density at radius 3 is 2.54 bits per heavy atom. The molecule has 1 unspecified atom stereocenters. The molecule has 28 heavy (non-hydrogen) atoms. The van der Waals surface area contributed by atoms with Crippen molar-refractivity contribution in [1.29, 1.82) is 0 Å². The lowest BCUT2D eigenvalue weighted by atomic mass is 10.1. The Morgan fingerprint density at radius 2 is 1.89 bits per heavy atom. The zero-order valence-electron chi connectivity index (χ0n) is 15.8. The van der Waals surface area contributed by atoms with E-state index in [1.54, 1.807) is 18.2 Å². The Labute approximate surface area is 166 Å². The fourth-order valence-electron chi connectivity index (χ4n) is 2.80. The zero-order chi connectivity index (χ0) is 20.3. The second-order valence-electron chi connectivity index (χ2n) is 6.48. The van der Waals surface area contributed by atoms with Crippen molar-refractivity contribution in [2.75, 3.05) is 14.2 Å². The Kier molecular flexibility index (Phi) is 6.16. The molecule has 0 radical (unpaired) electrons. The molecule has 0 aliphatic carbocycles. The summed E-state index contributed by atoms with van der Waals surface area (Å²) in [7, 11) is 3.26. The van der Waals surface area contributed by atoms with E-state index in [-0.39, 0.29) is 12.0 Å². The van der Waals surface area contributed by atoms with E-state index in [1.807, 2.05) is 36.4 Å². The molecule has 0 saturated carbocycles. The first kappa shape index (κ1) is 20.1. The number of methoxy groups -OCH3 is 1. The van der Waals surface area contributed by atoms with Gasteiger partial charge < -0.3 is 4.74 Å². The van der Waals surface area contributed by atoms with Gasteiger partial charge in [-0.15, -0.1) is 11.3 Å². The number of hydrogen-bond acceptors (Lipinski definition) is 5. The van der Waals surface area contributed by atoms with Crippen LogP contribution in [-0.4, -0.2) is 30.0 Å². The van der Waals surface area contributed by atoms with Crippen LogP contribution >= 0.6 is 11.3 Å². The summed E-state index contributed by atoms with van der Waals surface area (Å²) in [5.41, 5.74) is 2.99. The van der Waals surface area contributed by atoms with Crippen molar-refractivity contribution in [3.05, 3.63) is 76.3 Å². The highest BCUT2D eigenvalue weighted by Crippen LogP contribution is 2.27. The third-order valence-corrected chi connectivity index (χ3v) is 5.54. The summed E-state index contributed by atoms with van der Waals surface area (Å²) < 4.78 is 31.3. The predicted molar refractivity (Wildman–Crippen MR) is 105 cm³/mol. The van der Waals surface area contributed by atoms with Gasteiger partial charge in [0, 0.05) is 23.5 Å². The van der Waals surface area contributed by atoms with Gasteiger partial charge in [0.25, 0.3) is 0 Å². The molecule has 0 spiro atoms. The number of nitrogens with zero attached hydrogens (tertiary/aromatic N) is 2. The molecule has 7 heteroatoms. The quantitative estimate of drug-likeness (QED) is 0.540. The fourth-order valence-corrected chi connectivity index (χ4v) is 3.62. The number of carbonyl (C=O) groups is 1. The molecule has 0 aliphatic rings. The zero-order valence-corrected chi connectivity index (χ0v) is 16.6. The Hall–Kier alpha value is -2.64. The number of thiazole rings is 1. The molecule has 0 saturated heterocycles. The van der Waals surface area contributed by atoms with Gasteiger partial charge in [0.15, 0.2) is 11.6 Å². The highest BCUT2D eigenvalue weighted by molar-refractivity contribution is 7.13. The minimum absolute atomic E-state index is 0.0976. The van der Waals surface area contributed by atoms with Crippen LogP contribution in [0.2, 0.25) is 0 Å². The third kappa shape index (κ3) is 4.43. The molecule has 0 fully saturated rings. The number of esters is 1. The molecule has 1 aromatic heterocycles. The molecular weight excluding hydrogens is 382 g/mol. The van der Waals surface area contributed by atoms with E-state index in [0.29, 0.717) is 17.7 Å². The molecule has 1 atom stereocenters. The van der Waals surface area contributed by atoms with E-state index in [2.05, 4.69) is 4.98 Å². The van der Waals surface area contributed by atoms with E-state index in [1.165, 1.54) is 24.5 Å². The predicted octanol–water partition coefficient (Wildman–Crippen LogP) is 5.07. The Bertz CT molecular complexity index is 973. The van der Waals surface area contributed by atoms with E-state index < -0.39 is 11.6 Å². The van der Waals surface area contributed by atoms with Crippen LogP contribution in [0.5, 0.6) is 0 Å². The number of benzene rings is 2. The van der Waals surface area contributed by atoms with Crippen LogP contribution in [0.1, 0.15) is 34.6 Å². The van der Waals surface area contributed by atoms with Crippen LogP contribution in [0, 0.1) is 11.6 Å². The second kappa shape index (κ2) is 8.58. The van der Waals surface area contributed by atoms with Crippen molar-refractivity contribution in [3.63, 3.8) is 0 Å². The lowest BCUT2D eigenvalue weighted by Crippen LogP contribution is -2.22. The van der Waals surface area contributed by atoms with Crippen molar-refractivity contribution >= 4 is 17.3 Å². The van der Waals surface area contributed by atoms with Crippen LogP contribution in [0.25, 0.3) is 10.6 Å². The van der Waals surface area contributed by atoms with Gasteiger partial charge in [-0.1, -0.05) is 18.2 Å². The number of rotatable bonds is 6. The first-order chi connectivity index (χ1) is 13.4. The van der Waals surface area contributed by atoms with Crippen molar-refractivity contribution < 1.29 is 18.3 Å². The minimum atomic E-state index is -0.846. The summed E-state index contributed by atoms with van der Waals surface area (Å²) in [6.07, 6.45) is 0. The van der Waals surface area contributed by atoms with Gasteiger partial charge in [0.1, 0.15) is 5.01 Å². The highest BCUT2D eigenvalue weighted by atomic mass is 32.1. The summed E-state index contributed by atoms with van der Waals surface area (Å²) in [6, 6.07) is 11.0. The number of ether oxygens (including phenoxy) is 1. The molecule has 1 heterocycles. The second-order valence-corrected chi connectivity index (χ2v) is 7.34. The molecule has 3 rings (SSSR count). The monoisotopic (exact) mass is 402 g/mol. The van der Waals surface area contributed by atoms with Gasteiger partial charge in [-0.25, -0.2) is 18.6 Å². The lowest BCUT2D eigenvalue weighted by Gasteiger charge is -2.24. The number of aromatic nitrogens is 1. The molecule has 3 aromatic rings. The first-order valence-corrected chi connectivity index (χ1v) is 9.55. The van der Waals surface area contributed by atoms with Crippen molar-refractivity contribution in [2.24, 2.45) is 0 Å². The van der Waals surface area contributed by atoms with Crippen LogP contribution < -0.4 is 0 Å². The van der Waals surface area contributed by atoms with Gasteiger partial charge in [-0.3, -0.25) is 4.90 Å². The molecule has 0 amide bonds. The highest BCUT2D eigenvalue weighted by Gasteiger charge is 2.16. The van der Waals surface area contributed by atoms with Crippen LogP contribution in [-0.2, 0) is 11.3 Å². The smallest absolute Gasteiger partial charge is 0.337 e. The largest absolute Gasteiger partial charge is 0.465 e. The molecular formula is C21H20F2N2O2S. The maximum Gasteiger partial charge on any atom is 0.337 e. The van der Waals surface area contributed by atoms with Gasteiger partial charge >= 0.3 is 5.97 Å². The molecule has 0 N–H and O–H groups in total. The normalized spacial score (nSPS) is 12.2. The summed E-state index contributed by atoms with van der Waals surface area (Å²) >= 11 is 1.51. The SMILES string of the molecule is COC(=O)c1ccc(-c2nc(CN(C)C(C)c3ccc(F)c(F)c3)cs2)cc1. The van der Waals surface area contributed by atoms with Gasteiger partial charge in [-0.2, -0.15) is 0 Å². The van der Waals surface area contributed by atoms with E-state index in [4.69, 9.17) is 4.74 Å². The Balaban J connectivity index is 1.69. The summed E-state index contributed by atoms with van der Waals surface area (Å²) in [4.78, 5) is 18.2. The molecule has 0 aliphatic heterocycles. The average molecular weight is 402 g/mol. The maximum atomic E-state index is 13.5. The van der Waals surface area contributed by atoms with Crippen LogP contribution in [0.4, 0.5) is 8.78 Å². The van der Waals surface area contributed by atoms with Crippen molar-refractivity contribution in [3.8, 4) is 10.6 Å². The van der Waals surface area contributed by atoms with Gasteiger partial charge in [-0.05, 0) is 43.8 Å². The van der Waals surface area contributed by atoms with E-state index in [0.717, 1.165) is 22.3 Å². The molecule has 146 valence electrons. The number of hydrogen-bond donors (Lipinski definition) is 0. The molecule has 0 bridgehead atoms. The molecule has 4 nitrogen and oxygen atoms in total. The van der Waals surface area contributed by atoms with Gasteiger partial charge in [0.2, 0.25) is 0 Å². The Morgan fingerprint density at radius 1 is 1.18 bits per heavy atom.